The van der Waals surface area contributed by atoms with E-state index < -0.39 is 0 Å². The number of benzene rings is 3. The Balaban J connectivity index is 0.000000397. The van der Waals surface area contributed by atoms with Crippen LogP contribution in [-0.2, 0) is 0 Å². The Hall–Kier alpha value is -4.11. The summed E-state index contributed by atoms with van der Waals surface area (Å²) in [5.74, 6) is 1.34. The highest BCUT2D eigenvalue weighted by molar-refractivity contribution is 5.96. The Morgan fingerprint density at radius 1 is 0.688 bits per heavy atom. The lowest BCUT2D eigenvalue weighted by molar-refractivity contribution is 0.0764. The van der Waals surface area contributed by atoms with Gasteiger partial charge in [0, 0.05) is 25.2 Å². The maximum absolute atomic E-state index is 13.5. The van der Waals surface area contributed by atoms with E-state index in [1.165, 1.54) is 17.6 Å². The molecule has 0 heterocycles. The molecule has 0 aliphatic rings. The molecule has 0 unspecified atom stereocenters. The highest BCUT2D eigenvalue weighted by Gasteiger charge is 2.21. The van der Waals surface area contributed by atoms with Crippen LogP contribution in [0, 0.1) is 0 Å². The maximum atomic E-state index is 13.5. The topological polar surface area (TPSA) is 66.5 Å². The lowest BCUT2D eigenvalue weighted by atomic mass is 10.1. The molecule has 3 aromatic carbocycles. The number of nitrogens with one attached hydrogen (secondary N) is 1. The molecule has 0 fully saturated rings. The van der Waals surface area contributed by atoms with Crippen LogP contribution in [0.15, 0.2) is 83.9 Å². The minimum absolute atomic E-state index is 0.0705. The fourth-order valence-corrected chi connectivity index (χ4v) is 5.09. The number of hydrogen-bond acceptors (Lipinski definition) is 7. The average molecular weight is 659 g/mol. The molecule has 3 aromatic rings. The number of methoxy groups -OCH3 is 3. The Morgan fingerprint density at radius 3 is 1.67 bits per heavy atom. The smallest absolute Gasteiger partial charge is 0.254 e. The molecule has 0 atom stereocenters. The number of hydrogen-bond donors (Lipinski definition) is 1. The zero-order valence-electron chi connectivity index (χ0n) is 30.7. The summed E-state index contributed by atoms with van der Waals surface area (Å²) in [6.07, 6.45) is 6.42. The molecule has 0 saturated heterocycles. The fraction of sp³-hybridized carbons (Fsp3) is 0.425. The van der Waals surface area contributed by atoms with Gasteiger partial charge in [-0.25, -0.2) is 0 Å². The summed E-state index contributed by atoms with van der Waals surface area (Å²) < 4.78 is 16.2. The molecule has 0 bridgehead atoms. The van der Waals surface area contributed by atoms with Crippen molar-refractivity contribution in [3.05, 3.63) is 101 Å². The lowest BCUT2D eigenvalue weighted by Gasteiger charge is -2.25. The Kier molecular flexibility index (Phi) is 18.7. The predicted molar refractivity (Wildman–Crippen MR) is 201 cm³/mol. The van der Waals surface area contributed by atoms with Crippen molar-refractivity contribution in [2.24, 2.45) is 0 Å². The van der Waals surface area contributed by atoms with Crippen molar-refractivity contribution in [2.45, 2.75) is 26.7 Å². The van der Waals surface area contributed by atoms with Crippen LogP contribution in [-0.4, -0.2) is 109 Å². The summed E-state index contributed by atoms with van der Waals surface area (Å²) in [5.41, 5.74) is 5.39. The molecular formula is C40H58N4O4. The Bertz CT molecular complexity index is 1380. The summed E-state index contributed by atoms with van der Waals surface area (Å²) in [5, 5.41) is 3.47. The van der Waals surface area contributed by atoms with Crippen molar-refractivity contribution in [3.8, 4) is 17.2 Å². The van der Waals surface area contributed by atoms with Gasteiger partial charge in [-0.05, 0) is 97.8 Å². The van der Waals surface area contributed by atoms with Gasteiger partial charge in [0.05, 0.1) is 21.3 Å². The van der Waals surface area contributed by atoms with Gasteiger partial charge >= 0.3 is 0 Å². The van der Waals surface area contributed by atoms with Crippen LogP contribution >= 0.6 is 0 Å². The molecule has 1 N–H and O–H groups in total. The van der Waals surface area contributed by atoms with Crippen LogP contribution < -0.4 is 19.5 Å². The number of rotatable bonds is 18. The van der Waals surface area contributed by atoms with Gasteiger partial charge in [-0.2, -0.15) is 0 Å². The molecule has 262 valence electrons. The first-order valence-corrected chi connectivity index (χ1v) is 16.6. The minimum atomic E-state index is -0.0705. The Morgan fingerprint density at radius 2 is 1.19 bits per heavy atom. The van der Waals surface area contributed by atoms with Crippen molar-refractivity contribution in [2.75, 3.05) is 88.8 Å². The van der Waals surface area contributed by atoms with Crippen LogP contribution in [0.25, 0.3) is 12.2 Å². The summed E-state index contributed by atoms with van der Waals surface area (Å²) in [7, 11) is 12.9. The van der Waals surface area contributed by atoms with E-state index in [0.717, 1.165) is 43.7 Å². The third-order valence-electron chi connectivity index (χ3n) is 7.46. The van der Waals surface area contributed by atoms with Gasteiger partial charge in [0.25, 0.3) is 5.91 Å². The summed E-state index contributed by atoms with van der Waals surface area (Å²) in [6.45, 7) is 9.52. The molecule has 0 aliphatic carbocycles. The second-order valence-corrected chi connectivity index (χ2v) is 12.4. The highest BCUT2D eigenvalue weighted by Crippen LogP contribution is 2.38. The highest BCUT2D eigenvalue weighted by atomic mass is 16.5. The van der Waals surface area contributed by atoms with E-state index in [1.54, 1.807) is 33.5 Å². The number of amides is 1. The van der Waals surface area contributed by atoms with E-state index in [-0.39, 0.29) is 5.91 Å². The van der Waals surface area contributed by atoms with Gasteiger partial charge in [0.2, 0.25) is 5.75 Å². The van der Waals surface area contributed by atoms with Gasteiger partial charge in [-0.1, -0.05) is 84.0 Å². The van der Waals surface area contributed by atoms with Crippen LogP contribution in [0.5, 0.6) is 17.2 Å². The molecule has 8 heteroatoms. The normalized spacial score (nSPS) is 11.6. The largest absolute Gasteiger partial charge is 0.493 e. The Labute approximate surface area is 290 Å². The quantitative estimate of drug-likeness (QED) is 0.150. The maximum Gasteiger partial charge on any atom is 0.254 e. The first kappa shape index (κ1) is 40.1. The molecule has 0 aliphatic heterocycles. The van der Waals surface area contributed by atoms with Gasteiger partial charge in [-0.3, -0.25) is 4.79 Å². The first-order chi connectivity index (χ1) is 23.1. The average Bonchev–Trinajstić information content (AvgIpc) is 3.07. The van der Waals surface area contributed by atoms with E-state index in [0.29, 0.717) is 35.9 Å². The molecule has 0 spiro atoms. The number of ether oxygens (including phenoxy) is 3. The second-order valence-electron chi connectivity index (χ2n) is 12.4. The van der Waals surface area contributed by atoms with Gasteiger partial charge in [0.15, 0.2) is 11.5 Å². The fourth-order valence-electron chi connectivity index (χ4n) is 5.09. The van der Waals surface area contributed by atoms with Crippen LogP contribution in [0.2, 0.25) is 0 Å². The summed E-state index contributed by atoms with van der Waals surface area (Å²) in [4.78, 5) is 19.7. The molecule has 0 aromatic heterocycles. The van der Waals surface area contributed by atoms with Crippen molar-refractivity contribution in [3.63, 3.8) is 0 Å². The van der Waals surface area contributed by atoms with E-state index in [1.807, 2.05) is 43.3 Å². The standard InChI is InChI=1S/C25H34N2O4.C15H24N2/c1-19(15-20-11-8-7-9-12-20)18-27(14-10-13-26(2)3)25(28)21-16-22(29-4)24(31-6)23(17-21)30-5;1-14(12-15-8-5-4-6-9-15)13-16-10-7-11-17(2)3/h7-9,11-12,15-17H,10,13-14,18H2,1-6H3;4-6,8-9,12,16H,7,10-11,13H2,1-3H3/b19-15+;14-12+. The molecule has 0 saturated carbocycles. The third kappa shape index (κ3) is 15.2. The molecule has 48 heavy (non-hydrogen) atoms. The molecule has 0 radical (unpaired) electrons. The third-order valence-corrected chi connectivity index (χ3v) is 7.46. The lowest BCUT2D eigenvalue weighted by Crippen LogP contribution is -2.34. The number of nitrogens with zero attached hydrogens (tertiary/aromatic N) is 3. The van der Waals surface area contributed by atoms with Gasteiger partial charge in [-0.15, -0.1) is 0 Å². The van der Waals surface area contributed by atoms with Crippen molar-refractivity contribution in [1.29, 1.82) is 0 Å². The molecular weight excluding hydrogens is 600 g/mol. The summed E-state index contributed by atoms with van der Waals surface area (Å²) in [6, 6.07) is 24.0. The molecule has 1 amide bonds. The molecule has 8 nitrogen and oxygen atoms in total. The van der Waals surface area contributed by atoms with Crippen molar-refractivity contribution < 1.29 is 19.0 Å². The van der Waals surface area contributed by atoms with E-state index in [4.69, 9.17) is 14.2 Å². The second kappa shape index (κ2) is 22.5. The van der Waals surface area contributed by atoms with E-state index in [9.17, 15) is 4.79 Å². The van der Waals surface area contributed by atoms with Gasteiger partial charge < -0.3 is 34.2 Å². The monoisotopic (exact) mass is 658 g/mol. The van der Waals surface area contributed by atoms with Gasteiger partial charge in [0.1, 0.15) is 0 Å². The number of carbonyl (C=O) groups is 1. The zero-order chi connectivity index (χ0) is 35.3. The molecule has 3 rings (SSSR count). The minimum Gasteiger partial charge on any atom is -0.493 e. The van der Waals surface area contributed by atoms with E-state index in [2.05, 4.69) is 91.6 Å². The van der Waals surface area contributed by atoms with Crippen LogP contribution in [0.4, 0.5) is 0 Å². The van der Waals surface area contributed by atoms with Crippen molar-refractivity contribution >= 4 is 18.1 Å². The predicted octanol–water partition coefficient (Wildman–Crippen LogP) is 6.84. The summed E-state index contributed by atoms with van der Waals surface area (Å²) >= 11 is 0. The van der Waals surface area contributed by atoms with Crippen molar-refractivity contribution in [1.82, 2.24) is 20.0 Å². The van der Waals surface area contributed by atoms with Crippen LogP contribution in [0.1, 0.15) is 48.2 Å². The first-order valence-electron chi connectivity index (χ1n) is 16.6. The SMILES string of the molecule is C/C(=C\c1ccccc1)CNCCCN(C)C.COc1cc(C(=O)N(CCCN(C)C)C/C(C)=C/c2ccccc2)cc(OC)c1OC. The van der Waals surface area contributed by atoms with E-state index >= 15 is 0 Å². The van der Waals surface area contributed by atoms with Crippen LogP contribution in [0.3, 0.4) is 0 Å². The number of carbonyl (C=O) groups excluding carboxylic acids is 1. The zero-order valence-corrected chi connectivity index (χ0v) is 30.7.